The van der Waals surface area contributed by atoms with Gasteiger partial charge in [0.1, 0.15) is 9.84 Å². The molecule has 2 N–H and O–H groups in total. The number of nitrogens with zero attached hydrogens (tertiary/aromatic N) is 1. The zero-order valence-corrected chi connectivity index (χ0v) is 20.9. The maximum Gasteiger partial charge on any atom is 0.191 e. The lowest BCUT2D eigenvalue weighted by Gasteiger charge is -2.38. The Morgan fingerprint density at radius 1 is 1.10 bits per heavy atom. The summed E-state index contributed by atoms with van der Waals surface area (Å²) in [5.41, 5.74) is 1.20. The number of hydrogen-bond donors (Lipinski definition) is 2. The average molecular weight is 539 g/mol. The third kappa shape index (κ3) is 7.51. The highest BCUT2D eigenvalue weighted by atomic mass is 127. The van der Waals surface area contributed by atoms with E-state index in [1.165, 1.54) is 31.1 Å². The van der Waals surface area contributed by atoms with E-state index >= 15 is 0 Å². The first-order chi connectivity index (χ1) is 13.3. The second-order valence-electron chi connectivity index (χ2n) is 7.39. The number of hydrogen-bond acceptors (Lipinski definition) is 5. The Morgan fingerprint density at radius 3 is 2.31 bits per heavy atom. The first-order valence-electron chi connectivity index (χ1n) is 9.68. The Morgan fingerprint density at radius 2 is 1.76 bits per heavy atom. The summed E-state index contributed by atoms with van der Waals surface area (Å²) in [6.07, 6.45) is 6.99. The van der Waals surface area contributed by atoms with Crippen LogP contribution in [0.2, 0.25) is 0 Å². The minimum atomic E-state index is -3.00. The van der Waals surface area contributed by atoms with Crippen molar-refractivity contribution in [2.75, 3.05) is 46.4 Å². The number of methoxy groups -OCH3 is 2. The van der Waals surface area contributed by atoms with Crippen LogP contribution in [0.3, 0.4) is 0 Å². The van der Waals surface area contributed by atoms with Crippen LogP contribution in [0.1, 0.15) is 37.7 Å². The van der Waals surface area contributed by atoms with Gasteiger partial charge in [-0.25, -0.2) is 8.42 Å². The smallest absolute Gasteiger partial charge is 0.191 e. The normalized spacial score (nSPS) is 16.5. The van der Waals surface area contributed by atoms with Crippen LogP contribution in [-0.4, -0.2) is 60.7 Å². The van der Waals surface area contributed by atoms with Crippen LogP contribution in [0.15, 0.2) is 23.2 Å². The maximum absolute atomic E-state index is 11.3. The first-order valence-corrected chi connectivity index (χ1v) is 11.7. The molecule has 1 saturated carbocycles. The fraction of sp³-hybridized carbons (Fsp3) is 0.650. The summed E-state index contributed by atoms with van der Waals surface area (Å²) >= 11 is 0. The minimum absolute atomic E-state index is 0. The molecule has 1 aromatic rings. The fourth-order valence-corrected chi connectivity index (χ4v) is 4.26. The summed E-state index contributed by atoms with van der Waals surface area (Å²) in [5, 5.41) is 6.49. The van der Waals surface area contributed by atoms with Crippen LogP contribution in [0.5, 0.6) is 11.5 Å². The van der Waals surface area contributed by atoms with E-state index in [1.54, 1.807) is 21.3 Å². The van der Waals surface area contributed by atoms with Crippen molar-refractivity contribution in [2.24, 2.45) is 4.99 Å². The van der Waals surface area contributed by atoms with E-state index < -0.39 is 9.84 Å². The van der Waals surface area contributed by atoms with Crippen molar-refractivity contribution in [2.45, 2.75) is 37.5 Å². The lowest BCUT2D eigenvalue weighted by molar-refractivity contribution is 0.288. The SMILES string of the molecule is CN=C(NCCS(C)(=O)=O)NCC1(c2ccc(OC)c(OC)c2)CCCCC1.I. The molecule has 1 fully saturated rings. The topological polar surface area (TPSA) is 89.0 Å². The molecule has 0 atom stereocenters. The molecule has 1 aliphatic rings. The molecule has 0 heterocycles. The Balaban J connectivity index is 0.00000420. The van der Waals surface area contributed by atoms with Crippen molar-refractivity contribution in [1.29, 1.82) is 0 Å². The van der Waals surface area contributed by atoms with Gasteiger partial charge < -0.3 is 20.1 Å². The summed E-state index contributed by atoms with van der Waals surface area (Å²) in [7, 11) is 1.98. The van der Waals surface area contributed by atoms with Crippen molar-refractivity contribution in [3.05, 3.63) is 23.8 Å². The summed E-state index contributed by atoms with van der Waals surface area (Å²) in [5.74, 6) is 2.16. The third-order valence-electron chi connectivity index (χ3n) is 5.39. The van der Waals surface area contributed by atoms with Crippen molar-refractivity contribution in [3.63, 3.8) is 0 Å². The van der Waals surface area contributed by atoms with Gasteiger partial charge in [0, 0.05) is 31.8 Å². The number of halogens is 1. The van der Waals surface area contributed by atoms with Crippen molar-refractivity contribution >= 4 is 39.8 Å². The van der Waals surface area contributed by atoms with E-state index in [1.807, 2.05) is 6.07 Å². The Kier molecular flexibility index (Phi) is 10.5. The van der Waals surface area contributed by atoms with Gasteiger partial charge in [-0.05, 0) is 30.5 Å². The van der Waals surface area contributed by atoms with E-state index in [2.05, 4.69) is 27.8 Å². The van der Waals surface area contributed by atoms with Crippen LogP contribution in [0.4, 0.5) is 0 Å². The highest BCUT2D eigenvalue weighted by Gasteiger charge is 2.34. The maximum atomic E-state index is 11.3. The van der Waals surface area contributed by atoms with Crippen LogP contribution in [-0.2, 0) is 15.3 Å². The molecule has 29 heavy (non-hydrogen) atoms. The van der Waals surface area contributed by atoms with Gasteiger partial charge in [0.15, 0.2) is 17.5 Å². The summed E-state index contributed by atoms with van der Waals surface area (Å²) in [6, 6.07) is 6.16. The van der Waals surface area contributed by atoms with Gasteiger partial charge in [-0.3, -0.25) is 4.99 Å². The number of ether oxygens (including phenoxy) is 2. The molecule has 0 aliphatic heterocycles. The molecule has 2 rings (SSSR count). The fourth-order valence-electron chi connectivity index (χ4n) is 3.79. The lowest BCUT2D eigenvalue weighted by atomic mass is 9.69. The van der Waals surface area contributed by atoms with Gasteiger partial charge in [-0.15, -0.1) is 24.0 Å². The molecule has 9 heteroatoms. The highest BCUT2D eigenvalue weighted by molar-refractivity contribution is 14.0. The zero-order chi connectivity index (χ0) is 20.6. The molecule has 166 valence electrons. The molecule has 0 unspecified atom stereocenters. The minimum Gasteiger partial charge on any atom is -0.493 e. The molecule has 0 amide bonds. The van der Waals surface area contributed by atoms with Crippen molar-refractivity contribution in [3.8, 4) is 11.5 Å². The molecule has 0 bridgehead atoms. The van der Waals surface area contributed by atoms with Crippen molar-refractivity contribution < 1.29 is 17.9 Å². The average Bonchev–Trinajstić information content (AvgIpc) is 2.69. The van der Waals surface area contributed by atoms with Gasteiger partial charge in [-0.1, -0.05) is 25.3 Å². The second kappa shape index (κ2) is 11.8. The van der Waals surface area contributed by atoms with Gasteiger partial charge in [0.2, 0.25) is 0 Å². The van der Waals surface area contributed by atoms with E-state index in [0.29, 0.717) is 12.5 Å². The van der Waals surface area contributed by atoms with Crippen LogP contribution < -0.4 is 20.1 Å². The lowest BCUT2D eigenvalue weighted by Crippen LogP contribution is -2.47. The predicted molar refractivity (Wildman–Crippen MR) is 129 cm³/mol. The molecular weight excluding hydrogens is 505 g/mol. The highest BCUT2D eigenvalue weighted by Crippen LogP contribution is 2.42. The van der Waals surface area contributed by atoms with Gasteiger partial charge in [0.25, 0.3) is 0 Å². The third-order valence-corrected chi connectivity index (χ3v) is 6.34. The monoisotopic (exact) mass is 539 g/mol. The number of benzene rings is 1. The van der Waals surface area contributed by atoms with Gasteiger partial charge >= 0.3 is 0 Å². The number of aliphatic imine (C=N–C) groups is 1. The Bertz CT molecular complexity index is 778. The summed E-state index contributed by atoms with van der Waals surface area (Å²) < 4.78 is 33.6. The number of sulfone groups is 1. The zero-order valence-electron chi connectivity index (χ0n) is 17.8. The van der Waals surface area contributed by atoms with E-state index in [-0.39, 0.29) is 35.1 Å². The van der Waals surface area contributed by atoms with E-state index in [0.717, 1.165) is 30.9 Å². The number of rotatable bonds is 8. The van der Waals surface area contributed by atoms with Crippen LogP contribution in [0.25, 0.3) is 0 Å². The number of guanidine groups is 1. The van der Waals surface area contributed by atoms with Gasteiger partial charge in [-0.2, -0.15) is 0 Å². The van der Waals surface area contributed by atoms with E-state index in [4.69, 9.17) is 9.47 Å². The molecule has 1 aliphatic carbocycles. The quantitative estimate of drug-likeness (QED) is 0.300. The molecular formula is C20H34IN3O4S. The molecule has 0 spiro atoms. The molecule has 1 aromatic carbocycles. The molecule has 7 nitrogen and oxygen atoms in total. The van der Waals surface area contributed by atoms with Gasteiger partial charge in [0.05, 0.1) is 20.0 Å². The Hall–Kier alpha value is -1.23. The second-order valence-corrected chi connectivity index (χ2v) is 9.65. The molecule has 0 aromatic heterocycles. The molecule has 0 saturated heterocycles. The largest absolute Gasteiger partial charge is 0.493 e. The van der Waals surface area contributed by atoms with E-state index in [9.17, 15) is 8.42 Å². The van der Waals surface area contributed by atoms with Crippen LogP contribution in [0, 0.1) is 0 Å². The molecule has 0 radical (unpaired) electrons. The standard InChI is InChI=1S/C20H33N3O4S.HI/c1-21-19(22-12-13-28(4,24)25)23-15-20(10-6-5-7-11-20)16-8-9-17(26-2)18(14-16)27-3;/h8-9,14H,5-7,10-13,15H2,1-4H3,(H2,21,22,23);1H. The Labute approximate surface area is 192 Å². The predicted octanol–water partition coefficient (Wildman–Crippen LogP) is 2.73. The summed E-state index contributed by atoms with van der Waals surface area (Å²) in [4.78, 5) is 4.23. The van der Waals surface area contributed by atoms with Crippen molar-refractivity contribution in [1.82, 2.24) is 10.6 Å². The number of nitrogens with one attached hydrogen (secondary N) is 2. The van der Waals surface area contributed by atoms with Crippen LogP contribution >= 0.6 is 24.0 Å². The summed E-state index contributed by atoms with van der Waals surface area (Å²) in [6.45, 7) is 1.06. The first kappa shape index (κ1) is 25.8.